The molecule has 1 aliphatic carbocycles. The summed E-state index contributed by atoms with van der Waals surface area (Å²) in [7, 11) is 2.04. The van der Waals surface area contributed by atoms with Crippen LogP contribution in [-0.4, -0.2) is 32.1 Å². The van der Waals surface area contributed by atoms with Gasteiger partial charge in [-0.25, -0.2) is 0 Å². The van der Waals surface area contributed by atoms with Crippen molar-refractivity contribution in [1.82, 2.24) is 20.0 Å². The summed E-state index contributed by atoms with van der Waals surface area (Å²) < 4.78 is 0. The minimum Gasteiger partial charge on any atom is -0.387 e. The molecule has 0 aliphatic heterocycles. The van der Waals surface area contributed by atoms with Crippen LogP contribution in [0.5, 0.6) is 0 Å². The third kappa shape index (κ3) is 3.13. The highest BCUT2D eigenvalue weighted by Gasteiger charge is 2.23. The van der Waals surface area contributed by atoms with Gasteiger partial charge in [-0.2, -0.15) is 15.0 Å². The maximum absolute atomic E-state index is 10.2. The normalized spacial score (nSPS) is 16.5. The van der Waals surface area contributed by atoms with Crippen LogP contribution in [0, 0.1) is 0 Å². The van der Waals surface area contributed by atoms with Crippen LogP contribution in [0.1, 0.15) is 35.9 Å². The first-order valence-corrected chi connectivity index (χ1v) is 8.56. The predicted molar refractivity (Wildman–Crippen MR) is 95.6 cm³/mol. The number of rotatable bonds is 4. The maximum atomic E-state index is 10.2. The highest BCUT2D eigenvalue weighted by Crippen LogP contribution is 2.34. The first-order valence-electron chi connectivity index (χ1n) is 8.56. The summed E-state index contributed by atoms with van der Waals surface area (Å²) in [6, 6.07) is 11.9. The van der Waals surface area contributed by atoms with Gasteiger partial charge in [0, 0.05) is 18.9 Å². The van der Waals surface area contributed by atoms with Crippen molar-refractivity contribution < 1.29 is 5.11 Å². The van der Waals surface area contributed by atoms with Crippen LogP contribution in [0.3, 0.4) is 0 Å². The van der Waals surface area contributed by atoms with Crippen LogP contribution in [0.15, 0.2) is 48.8 Å². The van der Waals surface area contributed by atoms with Crippen LogP contribution >= 0.6 is 0 Å². The van der Waals surface area contributed by atoms with Crippen molar-refractivity contribution in [3.8, 4) is 5.69 Å². The fourth-order valence-electron chi connectivity index (χ4n) is 3.39. The van der Waals surface area contributed by atoms with Crippen molar-refractivity contribution >= 4 is 5.69 Å². The summed E-state index contributed by atoms with van der Waals surface area (Å²) in [4.78, 5) is 8.18. The molecule has 1 aliphatic rings. The molecule has 25 heavy (non-hydrogen) atoms. The first-order chi connectivity index (χ1) is 12.2. The van der Waals surface area contributed by atoms with Crippen molar-refractivity contribution in [3.63, 3.8) is 0 Å². The number of nitrogens with zero attached hydrogens (tertiary/aromatic N) is 5. The number of para-hydroxylation sites is 1. The lowest BCUT2D eigenvalue weighted by Crippen LogP contribution is -2.22. The molecule has 4 rings (SSSR count). The smallest absolute Gasteiger partial charge is 0.102 e. The Labute approximate surface area is 146 Å². The highest BCUT2D eigenvalue weighted by atomic mass is 16.3. The Morgan fingerprint density at radius 2 is 2.08 bits per heavy atom. The molecule has 1 unspecified atom stereocenters. The topological polar surface area (TPSA) is 67.1 Å². The highest BCUT2D eigenvalue weighted by molar-refractivity contribution is 5.55. The Bertz CT molecular complexity index is 861. The fraction of sp³-hybridized carbons (Fsp3) is 0.316. The summed E-state index contributed by atoms with van der Waals surface area (Å²) in [5, 5.41) is 19.1. The van der Waals surface area contributed by atoms with Gasteiger partial charge in [-0.15, -0.1) is 0 Å². The van der Waals surface area contributed by atoms with Crippen molar-refractivity contribution in [1.29, 1.82) is 0 Å². The number of pyridine rings is 1. The van der Waals surface area contributed by atoms with Gasteiger partial charge < -0.3 is 10.0 Å². The largest absolute Gasteiger partial charge is 0.387 e. The number of aliphatic hydroxyl groups excluding tert-OH is 1. The van der Waals surface area contributed by atoms with E-state index in [9.17, 15) is 5.11 Å². The molecule has 0 saturated carbocycles. The Hall–Kier alpha value is -2.73. The molecule has 0 spiro atoms. The minimum atomic E-state index is -0.448. The van der Waals surface area contributed by atoms with Gasteiger partial charge in [0.25, 0.3) is 0 Å². The fourth-order valence-corrected chi connectivity index (χ4v) is 3.39. The van der Waals surface area contributed by atoms with Gasteiger partial charge in [0.2, 0.25) is 0 Å². The average Bonchev–Trinajstić information content (AvgIpc) is 3.11. The molecule has 6 heteroatoms. The van der Waals surface area contributed by atoms with Gasteiger partial charge in [-0.1, -0.05) is 18.2 Å². The predicted octanol–water partition coefficient (Wildman–Crippen LogP) is 2.67. The zero-order chi connectivity index (χ0) is 17.2. The van der Waals surface area contributed by atoms with Crippen LogP contribution in [0.4, 0.5) is 5.69 Å². The maximum Gasteiger partial charge on any atom is 0.102 e. The molecular weight excluding hydrogens is 314 g/mol. The van der Waals surface area contributed by atoms with E-state index >= 15 is 0 Å². The number of fused-ring (bicyclic) bond motifs is 1. The van der Waals surface area contributed by atoms with Gasteiger partial charge in [-0.3, -0.25) is 4.98 Å². The quantitative estimate of drug-likeness (QED) is 0.794. The third-order valence-corrected chi connectivity index (χ3v) is 4.62. The molecule has 2 aromatic heterocycles. The number of aromatic nitrogens is 4. The van der Waals surface area contributed by atoms with E-state index in [2.05, 4.69) is 20.1 Å². The summed E-state index contributed by atoms with van der Waals surface area (Å²) in [6.45, 7) is 0.652. The Kier molecular flexibility index (Phi) is 4.19. The van der Waals surface area contributed by atoms with Crippen LogP contribution in [0.2, 0.25) is 0 Å². The Balaban J connectivity index is 1.56. The molecule has 1 N–H and O–H groups in total. The zero-order valence-corrected chi connectivity index (χ0v) is 14.2. The summed E-state index contributed by atoms with van der Waals surface area (Å²) in [5.41, 5.74) is 4.93. The number of hydrogen-bond donors (Lipinski definition) is 1. The van der Waals surface area contributed by atoms with E-state index in [1.165, 1.54) is 0 Å². The molecule has 3 aromatic rings. The average molecular weight is 335 g/mol. The molecular formula is C19H21N5O. The zero-order valence-electron chi connectivity index (χ0n) is 14.2. The molecule has 0 saturated heterocycles. The molecule has 0 amide bonds. The summed E-state index contributed by atoms with van der Waals surface area (Å²) in [5.74, 6) is 0. The van der Waals surface area contributed by atoms with Crippen molar-refractivity contribution in [2.75, 3.05) is 11.9 Å². The molecule has 1 atom stereocenters. The lowest BCUT2D eigenvalue weighted by molar-refractivity contribution is 0.151. The second-order valence-corrected chi connectivity index (χ2v) is 6.42. The van der Waals surface area contributed by atoms with Gasteiger partial charge in [-0.05, 0) is 43.0 Å². The number of hydrogen-bond acceptors (Lipinski definition) is 5. The summed E-state index contributed by atoms with van der Waals surface area (Å²) >= 11 is 0. The first kappa shape index (κ1) is 15.8. The van der Waals surface area contributed by atoms with E-state index in [0.717, 1.165) is 47.6 Å². The minimum absolute atomic E-state index is 0.448. The standard InChI is InChI=1S/C19H21N5O/c1-23(17-10-11-20-19-16(17)8-5-9-18(19)25)13-14-12-21-24(22-14)15-6-3-2-4-7-15/h2-4,6-7,10-12,18,25H,5,8-9,13H2,1H3. The molecule has 6 nitrogen and oxygen atoms in total. The van der Waals surface area contributed by atoms with E-state index in [0.29, 0.717) is 6.54 Å². The number of benzene rings is 1. The second-order valence-electron chi connectivity index (χ2n) is 6.42. The van der Waals surface area contributed by atoms with Crippen molar-refractivity contribution in [2.24, 2.45) is 0 Å². The molecule has 1 aromatic carbocycles. The van der Waals surface area contributed by atoms with E-state index in [4.69, 9.17) is 0 Å². The molecule has 2 heterocycles. The number of anilines is 1. The van der Waals surface area contributed by atoms with Crippen LogP contribution in [0.25, 0.3) is 5.69 Å². The van der Waals surface area contributed by atoms with Gasteiger partial charge in [0.05, 0.1) is 30.2 Å². The lowest BCUT2D eigenvalue weighted by Gasteiger charge is -2.27. The molecule has 0 bridgehead atoms. The molecule has 0 radical (unpaired) electrons. The Morgan fingerprint density at radius 1 is 1.24 bits per heavy atom. The van der Waals surface area contributed by atoms with Gasteiger partial charge in [0.15, 0.2) is 0 Å². The van der Waals surface area contributed by atoms with E-state index < -0.39 is 6.10 Å². The van der Waals surface area contributed by atoms with Gasteiger partial charge >= 0.3 is 0 Å². The van der Waals surface area contributed by atoms with Crippen molar-refractivity contribution in [2.45, 2.75) is 31.9 Å². The van der Waals surface area contributed by atoms with E-state index in [-0.39, 0.29) is 0 Å². The molecule has 0 fully saturated rings. The van der Waals surface area contributed by atoms with Crippen LogP contribution < -0.4 is 4.90 Å². The van der Waals surface area contributed by atoms with Crippen LogP contribution in [-0.2, 0) is 13.0 Å². The monoisotopic (exact) mass is 335 g/mol. The van der Waals surface area contributed by atoms with Crippen molar-refractivity contribution in [3.05, 3.63) is 65.7 Å². The lowest BCUT2D eigenvalue weighted by atomic mass is 9.92. The molecule has 128 valence electrons. The second kappa shape index (κ2) is 6.64. The van der Waals surface area contributed by atoms with E-state index in [1.807, 2.05) is 43.4 Å². The SMILES string of the molecule is CN(Cc1cnn(-c2ccccc2)n1)c1ccnc2c1CCCC2O. The Morgan fingerprint density at radius 3 is 2.92 bits per heavy atom. The number of aliphatic hydroxyl groups is 1. The van der Waals surface area contributed by atoms with E-state index in [1.54, 1.807) is 17.2 Å². The third-order valence-electron chi connectivity index (χ3n) is 4.62. The summed E-state index contributed by atoms with van der Waals surface area (Å²) in [6.07, 6.45) is 5.86. The van der Waals surface area contributed by atoms with Gasteiger partial charge in [0.1, 0.15) is 5.69 Å².